The van der Waals surface area contributed by atoms with Crippen molar-refractivity contribution in [1.29, 1.82) is 0 Å². The summed E-state index contributed by atoms with van der Waals surface area (Å²) in [6.07, 6.45) is -0.145. The van der Waals surface area contributed by atoms with E-state index in [9.17, 15) is 22.8 Å². The van der Waals surface area contributed by atoms with Crippen molar-refractivity contribution in [2.45, 2.75) is 25.1 Å². The molecule has 0 saturated carbocycles. The van der Waals surface area contributed by atoms with Crippen LogP contribution >= 0.6 is 0 Å². The maximum Gasteiger partial charge on any atom is 0.490 e. The number of nitrogens with one attached hydrogen (secondary N) is 2. The molecule has 3 aromatic rings. The average Bonchev–Trinajstić information content (AvgIpc) is 3.15. The minimum absolute atomic E-state index is 0.0372. The van der Waals surface area contributed by atoms with Gasteiger partial charge >= 0.3 is 17.8 Å². The summed E-state index contributed by atoms with van der Waals surface area (Å²) >= 11 is 0. The lowest BCUT2D eigenvalue weighted by atomic mass is 10.0. The van der Waals surface area contributed by atoms with Gasteiger partial charge in [0.15, 0.2) is 0 Å². The predicted molar refractivity (Wildman–Crippen MR) is 115 cm³/mol. The molecule has 182 valence electrons. The number of amides is 1. The lowest BCUT2D eigenvalue weighted by molar-refractivity contribution is -0.192. The highest BCUT2D eigenvalue weighted by Gasteiger charge is 2.38. The molecule has 13 heteroatoms. The zero-order chi connectivity index (χ0) is 24.7. The summed E-state index contributed by atoms with van der Waals surface area (Å²) in [6, 6.07) is 9.69. The number of imidazole rings is 1. The Labute approximate surface area is 191 Å². The fourth-order valence-electron chi connectivity index (χ4n) is 3.66. The molecule has 1 amide bonds. The van der Waals surface area contributed by atoms with Gasteiger partial charge in [0.1, 0.15) is 0 Å². The van der Waals surface area contributed by atoms with Gasteiger partial charge in [-0.05, 0) is 31.0 Å². The second-order valence-electron chi connectivity index (χ2n) is 7.52. The highest BCUT2D eigenvalue weighted by molar-refractivity contribution is 5.90. The highest BCUT2D eigenvalue weighted by atomic mass is 19.4. The summed E-state index contributed by atoms with van der Waals surface area (Å²) in [6.45, 7) is 3.12. The number of aromatic nitrogens is 4. The fraction of sp³-hybridized carbons (Fsp3) is 0.381. The van der Waals surface area contributed by atoms with Crippen LogP contribution in [0.3, 0.4) is 0 Å². The number of hydrogen-bond acceptors (Lipinski definition) is 6. The van der Waals surface area contributed by atoms with Crippen LogP contribution in [0.4, 0.5) is 13.2 Å². The Morgan fingerprint density at radius 1 is 1.12 bits per heavy atom. The molecule has 1 saturated heterocycles. The number of alkyl halides is 3. The molecule has 2 aromatic heterocycles. The number of H-pyrrole nitrogens is 1. The molecule has 0 bridgehead atoms. The molecule has 3 N–H and O–H groups in total. The summed E-state index contributed by atoms with van der Waals surface area (Å²) < 4.78 is 33.6. The topological polar surface area (TPSA) is 133 Å². The lowest BCUT2D eigenvalue weighted by Gasteiger charge is -2.32. The second kappa shape index (κ2) is 10.9. The second-order valence-corrected chi connectivity index (χ2v) is 7.52. The van der Waals surface area contributed by atoms with Crippen molar-refractivity contribution in [3.05, 3.63) is 59.0 Å². The monoisotopic (exact) mass is 480 g/mol. The van der Waals surface area contributed by atoms with Gasteiger partial charge in [-0.15, -0.1) is 0 Å². The standard InChI is InChI=1S/C19H22N6O2.C2HF3O2/c26-18(17-20-8-3-9-21-17)22-10-13-24-11-6-14(7-12-24)25-16-5-2-1-4-15(16)23-19(25)27;3-2(4,5)1(6)7/h1-5,8-9,14H,6-7,10-13H2,(H,22,26)(H,23,27);(H,6,7). The quantitative estimate of drug-likeness (QED) is 0.507. The number of halogens is 3. The molecular formula is C21H23F3N6O4. The van der Waals surface area contributed by atoms with Crippen molar-refractivity contribution in [3.8, 4) is 0 Å². The summed E-state index contributed by atoms with van der Waals surface area (Å²) in [7, 11) is 0. The number of piperidine rings is 1. The van der Waals surface area contributed by atoms with Crippen molar-refractivity contribution in [2.75, 3.05) is 26.2 Å². The van der Waals surface area contributed by atoms with Gasteiger partial charge in [-0.1, -0.05) is 12.1 Å². The number of para-hydroxylation sites is 2. The molecule has 0 spiro atoms. The number of benzene rings is 1. The Balaban J connectivity index is 0.000000406. The Kier molecular flexibility index (Phi) is 7.99. The molecule has 4 rings (SSSR count). The van der Waals surface area contributed by atoms with Gasteiger partial charge in [-0.25, -0.2) is 19.6 Å². The normalized spacial score (nSPS) is 14.9. The Bertz CT molecular complexity index is 1170. The Hall–Kier alpha value is -3.74. The molecule has 1 aromatic carbocycles. The van der Waals surface area contributed by atoms with Gasteiger partial charge in [0, 0.05) is 44.6 Å². The van der Waals surface area contributed by atoms with Gasteiger partial charge in [-0.3, -0.25) is 9.36 Å². The average molecular weight is 480 g/mol. The van der Waals surface area contributed by atoms with E-state index in [-0.39, 0.29) is 23.5 Å². The largest absolute Gasteiger partial charge is 0.490 e. The summed E-state index contributed by atoms with van der Waals surface area (Å²) in [4.78, 5) is 46.3. The molecule has 34 heavy (non-hydrogen) atoms. The van der Waals surface area contributed by atoms with Crippen LogP contribution in [0.15, 0.2) is 47.5 Å². The van der Waals surface area contributed by atoms with Crippen LogP contribution in [0.1, 0.15) is 29.5 Å². The van der Waals surface area contributed by atoms with Crippen molar-refractivity contribution in [1.82, 2.24) is 29.7 Å². The van der Waals surface area contributed by atoms with Crippen LogP contribution < -0.4 is 11.0 Å². The number of carboxylic acids is 1. The fourth-order valence-corrected chi connectivity index (χ4v) is 3.66. The smallest absolute Gasteiger partial charge is 0.475 e. The first-order valence-corrected chi connectivity index (χ1v) is 10.4. The first-order valence-electron chi connectivity index (χ1n) is 10.4. The van der Waals surface area contributed by atoms with Crippen LogP contribution in [-0.4, -0.2) is 73.8 Å². The van der Waals surface area contributed by atoms with Crippen molar-refractivity contribution < 1.29 is 27.9 Å². The number of rotatable bonds is 5. The van der Waals surface area contributed by atoms with Gasteiger partial charge in [0.2, 0.25) is 5.82 Å². The number of likely N-dealkylation sites (tertiary alicyclic amines) is 1. The molecule has 0 unspecified atom stereocenters. The van der Waals surface area contributed by atoms with E-state index in [1.165, 1.54) is 0 Å². The minimum Gasteiger partial charge on any atom is -0.475 e. The van der Waals surface area contributed by atoms with E-state index in [0.29, 0.717) is 6.54 Å². The first-order chi connectivity index (χ1) is 16.2. The van der Waals surface area contributed by atoms with Crippen LogP contribution in [0, 0.1) is 0 Å². The van der Waals surface area contributed by atoms with Gasteiger partial charge in [0.25, 0.3) is 5.91 Å². The highest BCUT2D eigenvalue weighted by Crippen LogP contribution is 2.24. The third-order valence-corrected chi connectivity index (χ3v) is 5.27. The van der Waals surface area contributed by atoms with Crippen LogP contribution in [-0.2, 0) is 4.79 Å². The molecule has 1 aliphatic rings. The van der Waals surface area contributed by atoms with Crippen LogP contribution in [0.25, 0.3) is 11.0 Å². The maximum absolute atomic E-state index is 12.3. The maximum atomic E-state index is 12.3. The molecule has 0 radical (unpaired) electrons. The molecule has 3 heterocycles. The van der Waals surface area contributed by atoms with E-state index in [1.807, 2.05) is 28.8 Å². The molecule has 1 fully saturated rings. The van der Waals surface area contributed by atoms with Crippen molar-refractivity contribution in [3.63, 3.8) is 0 Å². The van der Waals surface area contributed by atoms with Crippen LogP contribution in [0.2, 0.25) is 0 Å². The van der Waals surface area contributed by atoms with E-state index in [4.69, 9.17) is 9.90 Å². The number of carbonyl (C=O) groups excluding carboxylic acids is 1. The zero-order valence-electron chi connectivity index (χ0n) is 18.0. The third kappa shape index (κ3) is 6.41. The minimum atomic E-state index is -5.08. The van der Waals surface area contributed by atoms with Gasteiger partial charge in [0.05, 0.1) is 11.0 Å². The number of carbonyl (C=O) groups is 2. The molecule has 10 nitrogen and oxygen atoms in total. The summed E-state index contributed by atoms with van der Waals surface area (Å²) in [5.41, 5.74) is 1.82. The van der Waals surface area contributed by atoms with E-state index in [2.05, 4.69) is 25.2 Å². The number of fused-ring (bicyclic) bond motifs is 1. The predicted octanol–water partition coefficient (Wildman–Crippen LogP) is 1.82. The van der Waals surface area contributed by atoms with Crippen LogP contribution in [0.5, 0.6) is 0 Å². The van der Waals surface area contributed by atoms with Crippen molar-refractivity contribution >= 4 is 22.9 Å². The molecule has 0 atom stereocenters. The molecular weight excluding hydrogens is 457 g/mol. The molecule has 0 aliphatic carbocycles. The van der Waals surface area contributed by atoms with E-state index >= 15 is 0 Å². The number of aromatic amines is 1. The first kappa shape index (κ1) is 24.9. The van der Waals surface area contributed by atoms with Crippen molar-refractivity contribution in [2.24, 2.45) is 0 Å². The number of carboxylic acid groups (broad SMARTS) is 1. The number of nitrogens with zero attached hydrogens (tertiary/aromatic N) is 4. The lowest BCUT2D eigenvalue weighted by Crippen LogP contribution is -2.41. The number of hydrogen-bond donors (Lipinski definition) is 3. The third-order valence-electron chi connectivity index (χ3n) is 5.27. The summed E-state index contributed by atoms with van der Waals surface area (Å²) in [5.74, 6) is -2.82. The molecule has 1 aliphatic heterocycles. The Morgan fingerprint density at radius 2 is 1.74 bits per heavy atom. The van der Waals surface area contributed by atoms with E-state index in [1.54, 1.807) is 18.5 Å². The number of aliphatic carboxylic acids is 1. The SMILES string of the molecule is O=C(NCCN1CCC(n2c(=O)[nH]c3ccccc32)CC1)c1ncccn1.O=C(O)C(F)(F)F. The Morgan fingerprint density at radius 3 is 2.35 bits per heavy atom. The van der Waals surface area contributed by atoms with Gasteiger partial charge in [-0.2, -0.15) is 13.2 Å². The van der Waals surface area contributed by atoms with E-state index in [0.717, 1.165) is 43.5 Å². The summed E-state index contributed by atoms with van der Waals surface area (Å²) in [5, 5.41) is 9.98. The van der Waals surface area contributed by atoms with E-state index < -0.39 is 12.1 Å². The van der Waals surface area contributed by atoms with Gasteiger partial charge < -0.3 is 20.3 Å². The zero-order valence-corrected chi connectivity index (χ0v) is 18.0.